The zero-order chi connectivity index (χ0) is 13.5. The highest BCUT2D eigenvalue weighted by atomic mass is 15.7. The summed E-state index contributed by atoms with van der Waals surface area (Å²) < 4.78 is 1.10. The molecule has 0 saturated heterocycles. The summed E-state index contributed by atoms with van der Waals surface area (Å²) in [6.07, 6.45) is 6.51. The maximum Gasteiger partial charge on any atom is 0.106 e. The number of quaternary nitrogens is 1. The molecule has 2 nitrogen and oxygen atoms in total. The molecule has 0 fully saturated rings. The van der Waals surface area contributed by atoms with Gasteiger partial charge in [-0.05, 0) is 33.1 Å². The van der Waals surface area contributed by atoms with Gasteiger partial charge in [-0.2, -0.15) is 5.01 Å². The third kappa shape index (κ3) is 4.26. The molecule has 0 aromatic carbocycles. The van der Waals surface area contributed by atoms with Gasteiger partial charge in [0.15, 0.2) is 0 Å². The number of hydrogen-bond donors (Lipinski definition) is 0. The average molecular weight is 243 g/mol. The highest BCUT2D eigenvalue weighted by Crippen LogP contribution is 2.23. The molecule has 0 N–H and O–H groups in total. The Morgan fingerprint density at radius 1 is 1.06 bits per heavy atom. The first kappa shape index (κ1) is 16.9. The second-order valence-corrected chi connectivity index (χ2v) is 5.57. The molecule has 0 aromatic rings. The van der Waals surface area contributed by atoms with Crippen LogP contribution in [0, 0.1) is 0 Å². The van der Waals surface area contributed by atoms with Gasteiger partial charge in [-0.15, -0.1) is 0 Å². The van der Waals surface area contributed by atoms with Crippen LogP contribution >= 0.6 is 0 Å². The van der Waals surface area contributed by atoms with Crippen molar-refractivity contribution in [1.82, 2.24) is 5.01 Å². The molecule has 0 rings (SSSR count). The van der Waals surface area contributed by atoms with Crippen molar-refractivity contribution in [3.8, 4) is 0 Å². The van der Waals surface area contributed by atoms with E-state index >= 15 is 0 Å². The van der Waals surface area contributed by atoms with Crippen LogP contribution in [-0.2, 0) is 0 Å². The molecule has 2 atom stereocenters. The van der Waals surface area contributed by atoms with Crippen molar-refractivity contribution in [3.05, 3.63) is 0 Å². The van der Waals surface area contributed by atoms with Crippen LogP contribution in [0.3, 0.4) is 0 Å². The van der Waals surface area contributed by atoms with Gasteiger partial charge < -0.3 is 0 Å². The van der Waals surface area contributed by atoms with Crippen LogP contribution in [0.15, 0.2) is 0 Å². The molecule has 0 saturated carbocycles. The molecular formula is C15H35N2+. The van der Waals surface area contributed by atoms with Crippen LogP contribution in [-0.4, -0.2) is 42.3 Å². The number of nitrogens with zero attached hydrogens (tertiary/aromatic N) is 2. The number of rotatable bonds is 9. The van der Waals surface area contributed by atoms with Crippen molar-refractivity contribution in [3.63, 3.8) is 0 Å². The molecule has 104 valence electrons. The smallest absolute Gasteiger partial charge is 0.106 e. The first-order valence-corrected chi connectivity index (χ1v) is 7.56. The van der Waals surface area contributed by atoms with E-state index < -0.39 is 0 Å². The lowest BCUT2D eigenvalue weighted by Crippen LogP contribution is -2.63. The van der Waals surface area contributed by atoms with E-state index in [1.165, 1.54) is 38.6 Å². The summed E-state index contributed by atoms with van der Waals surface area (Å²) in [4.78, 5) is 0. The fourth-order valence-electron chi connectivity index (χ4n) is 2.95. The Hall–Kier alpha value is -0.0800. The van der Waals surface area contributed by atoms with Crippen molar-refractivity contribution in [1.29, 1.82) is 0 Å². The van der Waals surface area contributed by atoms with Crippen LogP contribution in [0.5, 0.6) is 0 Å². The SMILES string of the molecule is CCCCC(C)N(C)[N+](C)(CC)C(CC)CC. The van der Waals surface area contributed by atoms with Gasteiger partial charge in [0.25, 0.3) is 0 Å². The first-order chi connectivity index (χ1) is 7.97. The third-order valence-corrected chi connectivity index (χ3v) is 4.70. The van der Waals surface area contributed by atoms with Gasteiger partial charge in [-0.3, -0.25) is 0 Å². The quantitative estimate of drug-likeness (QED) is 0.436. The number of hydrogen-bond acceptors (Lipinski definition) is 1. The van der Waals surface area contributed by atoms with Crippen LogP contribution in [0.4, 0.5) is 0 Å². The van der Waals surface area contributed by atoms with Crippen LogP contribution < -0.4 is 0 Å². The Labute approximate surface area is 110 Å². The molecule has 0 aromatic heterocycles. The Bertz CT molecular complexity index is 189. The van der Waals surface area contributed by atoms with E-state index in [2.05, 4.69) is 53.7 Å². The third-order valence-electron chi connectivity index (χ3n) is 4.70. The number of unbranched alkanes of at least 4 members (excludes halogenated alkanes) is 1. The maximum absolute atomic E-state index is 2.59. The van der Waals surface area contributed by atoms with Crippen molar-refractivity contribution in [2.24, 2.45) is 0 Å². The second-order valence-electron chi connectivity index (χ2n) is 5.57. The largest absolute Gasteiger partial charge is 0.244 e. The van der Waals surface area contributed by atoms with Crippen molar-refractivity contribution in [2.45, 2.75) is 78.8 Å². The van der Waals surface area contributed by atoms with Gasteiger partial charge in [-0.25, -0.2) is 4.59 Å². The predicted octanol–water partition coefficient (Wildman–Crippen LogP) is 4.07. The van der Waals surface area contributed by atoms with Crippen molar-refractivity contribution < 1.29 is 4.59 Å². The lowest BCUT2D eigenvalue weighted by atomic mass is 10.1. The van der Waals surface area contributed by atoms with Crippen LogP contribution in [0.1, 0.15) is 66.7 Å². The highest BCUT2D eigenvalue weighted by molar-refractivity contribution is 4.60. The molecule has 0 radical (unpaired) electrons. The van der Waals surface area contributed by atoms with Crippen molar-refractivity contribution in [2.75, 3.05) is 20.6 Å². The Morgan fingerprint density at radius 2 is 1.59 bits per heavy atom. The van der Waals surface area contributed by atoms with Gasteiger partial charge in [0.2, 0.25) is 0 Å². The van der Waals surface area contributed by atoms with Gasteiger partial charge in [-0.1, -0.05) is 33.6 Å². The molecule has 0 amide bonds. The van der Waals surface area contributed by atoms with Crippen molar-refractivity contribution >= 4 is 0 Å². The molecule has 2 unspecified atom stereocenters. The lowest BCUT2D eigenvalue weighted by Gasteiger charge is -2.48. The van der Waals surface area contributed by atoms with Gasteiger partial charge >= 0.3 is 0 Å². The zero-order valence-electron chi connectivity index (χ0n) is 13.3. The first-order valence-electron chi connectivity index (χ1n) is 7.56. The standard InChI is InChI=1S/C15H35N2/c1-8-12-13-14(5)16(6)17(7,11-4)15(9-2)10-3/h14-15H,8-13H2,1-7H3/q+1. The molecular weight excluding hydrogens is 208 g/mol. The maximum atomic E-state index is 2.59. The van der Waals surface area contributed by atoms with E-state index in [0.717, 1.165) is 10.6 Å². The Kier molecular flexibility index (Phi) is 8.06. The molecule has 17 heavy (non-hydrogen) atoms. The molecule has 0 heterocycles. The molecule has 0 bridgehead atoms. The second kappa shape index (κ2) is 8.10. The van der Waals surface area contributed by atoms with E-state index in [1.54, 1.807) is 0 Å². The van der Waals surface area contributed by atoms with Gasteiger partial charge in [0.1, 0.15) is 6.04 Å². The normalized spacial score (nSPS) is 17.5. The average Bonchev–Trinajstić information content (AvgIpc) is 2.35. The molecule has 0 aliphatic rings. The zero-order valence-corrected chi connectivity index (χ0v) is 13.3. The topological polar surface area (TPSA) is 3.24 Å². The summed E-state index contributed by atoms with van der Waals surface area (Å²) in [5.74, 6) is 0. The van der Waals surface area contributed by atoms with Crippen LogP contribution in [0.2, 0.25) is 0 Å². The van der Waals surface area contributed by atoms with E-state index in [0.29, 0.717) is 6.04 Å². The lowest BCUT2D eigenvalue weighted by molar-refractivity contribution is -1.04. The van der Waals surface area contributed by atoms with Crippen LogP contribution in [0.25, 0.3) is 0 Å². The van der Waals surface area contributed by atoms with E-state index in [4.69, 9.17) is 0 Å². The molecule has 0 aliphatic heterocycles. The molecule has 0 aliphatic carbocycles. The van der Waals surface area contributed by atoms with E-state index in [-0.39, 0.29) is 0 Å². The summed E-state index contributed by atoms with van der Waals surface area (Å²) in [5.41, 5.74) is 0. The minimum Gasteiger partial charge on any atom is -0.244 e. The minimum atomic E-state index is 0.681. The molecule has 2 heteroatoms. The van der Waals surface area contributed by atoms with Gasteiger partial charge in [0.05, 0.1) is 19.6 Å². The Morgan fingerprint density at radius 3 is 1.94 bits per heavy atom. The minimum absolute atomic E-state index is 0.681. The summed E-state index contributed by atoms with van der Waals surface area (Å²) >= 11 is 0. The summed E-state index contributed by atoms with van der Waals surface area (Å²) in [6, 6.07) is 1.44. The van der Waals surface area contributed by atoms with E-state index in [1.807, 2.05) is 0 Å². The highest BCUT2D eigenvalue weighted by Gasteiger charge is 2.35. The predicted molar refractivity (Wildman–Crippen MR) is 77.8 cm³/mol. The van der Waals surface area contributed by atoms with E-state index in [9.17, 15) is 0 Å². The van der Waals surface area contributed by atoms with Gasteiger partial charge in [0, 0.05) is 7.05 Å². The monoisotopic (exact) mass is 243 g/mol. The molecule has 0 spiro atoms. The Balaban J connectivity index is 4.70. The summed E-state index contributed by atoms with van der Waals surface area (Å²) in [6.45, 7) is 12.8. The summed E-state index contributed by atoms with van der Waals surface area (Å²) in [5, 5.41) is 2.59. The fourth-order valence-corrected chi connectivity index (χ4v) is 2.95. The fraction of sp³-hybridized carbons (Fsp3) is 1.00. The summed E-state index contributed by atoms with van der Waals surface area (Å²) in [7, 11) is 4.71.